The fraction of sp³-hybridized carbons (Fsp3) is 0.559. The lowest BCUT2D eigenvalue weighted by molar-refractivity contribution is -0.145. The second kappa shape index (κ2) is 19.0. The molecule has 7 N–H and O–H groups in total. The third kappa shape index (κ3) is 11.8. The summed E-state index contributed by atoms with van der Waals surface area (Å²) in [5.41, 5.74) is -1.65. The first-order chi connectivity index (χ1) is 25.7. The number of hydrogen-bond acceptors (Lipinski definition) is 14. The Hall–Kier alpha value is -5.47. The molecule has 1 fully saturated rings. The molecular weight excluding hydrogens is 712 g/mol. The largest absolute Gasteiger partial charge is 0.466 e. The Morgan fingerprint density at radius 2 is 1.70 bits per heavy atom. The number of ether oxygens (including phenoxy) is 3. The molecule has 54 heavy (non-hydrogen) atoms. The number of nitrogens with zero attached hydrogens (tertiary/aromatic N) is 3. The Morgan fingerprint density at radius 3 is 2.35 bits per heavy atom. The molecular formula is C34H46N8O12. The maximum atomic E-state index is 13.1. The molecule has 2 aliphatic heterocycles. The summed E-state index contributed by atoms with van der Waals surface area (Å²) in [4.78, 5) is 88.9. The summed E-state index contributed by atoms with van der Waals surface area (Å²) >= 11 is 0. The van der Waals surface area contributed by atoms with Crippen molar-refractivity contribution in [3.05, 3.63) is 69.0 Å². The molecule has 1 saturated heterocycles. The Kier molecular flexibility index (Phi) is 14.6. The van der Waals surface area contributed by atoms with E-state index in [0.29, 0.717) is 5.56 Å². The summed E-state index contributed by atoms with van der Waals surface area (Å²) in [6.45, 7) is 4.80. The fourth-order valence-electron chi connectivity index (χ4n) is 5.46. The molecule has 4 rings (SSSR count). The molecule has 0 aliphatic carbocycles. The number of aliphatic hydroxyl groups is 2. The average molecular weight is 759 g/mol. The van der Waals surface area contributed by atoms with Gasteiger partial charge >= 0.3 is 17.8 Å². The summed E-state index contributed by atoms with van der Waals surface area (Å²) in [7, 11) is 0. The van der Waals surface area contributed by atoms with Crippen molar-refractivity contribution < 1.29 is 48.4 Å². The minimum Gasteiger partial charge on any atom is -0.466 e. The summed E-state index contributed by atoms with van der Waals surface area (Å²) < 4.78 is 17.6. The van der Waals surface area contributed by atoms with Crippen LogP contribution in [0.5, 0.6) is 0 Å². The number of H-pyrrole nitrogens is 1. The normalized spacial score (nSPS) is 21.2. The molecule has 4 amide bonds. The maximum Gasteiger partial charge on any atom is 0.408 e. The summed E-state index contributed by atoms with van der Waals surface area (Å²) in [6, 6.07) is 7.85. The summed E-state index contributed by atoms with van der Waals surface area (Å²) in [6.07, 6.45) is -6.53. The van der Waals surface area contributed by atoms with Gasteiger partial charge in [0.25, 0.3) is 5.56 Å². The van der Waals surface area contributed by atoms with Crippen molar-refractivity contribution in [3.63, 3.8) is 0 Å². The SMILES string of the molecule is CCC(=O)NC(CCOC(=O)CCC(=O)NCC1OC(n2ccc(=O)[nH]c2=O)C(O)C1O)C(OC(=O)NC(CC)C(=O)NCC1(C)N=N1)c1ccccc1. The lowest BCUT2D eigenvalue weighted by atomic mass is 9.99. The van der Waals surface area contributed by atoms with Gasteiger partial charge in [0.2, 0.25) is 23.4 Å². The van der Waals surface area contributed by atoms with Crippen molar-refractivity contribution in [2.24, 2.45) is 10.2 Å². The Labute approximate surface area is 309 Å². The minimum atomic E-state index is -1.54. The maximum absolute atomic E-state index is 13.1. The third-order valence-corrected chi connectivity index (χ3v) is 8.66. The molecule has 20 nitrogen and oxygen atoms in total. The Balaban J connectivity index is 1.28. The number of aromatic nitrogens is 2. The van der Waals surface area contributed by atoms with Crippen molar-refractivity contribution in [1.82, 2.24) is 30.8 Å². The van der Waals surface area contributed by atoms with Gasteiger partial charge in [-0.3, -0.25) is 33.5 Å². The molecule has 0 spiro atoms. The zero-order valence-corrected chi connectivity index (χ0v) is 30.1. The van der Waals surface area contributed by atoms with E-state index >= 15 is 0 Å². The molecule has 0 saturated carbocycles. The van der Waals surface area contributed by atoms with Gasteiger partial charge in [-0.25, -0.2) is 9.59 Å². The zero-order chi connectivity index (χ0) is 39.4. The quantitative estimate of drug-likeness (QED) is 0.0887. The van der Waals surface area contributed by atoms with Crippen LogP contribution in [-0.2, 0) is 33.4 Å². The van der Waals surface area contributed by atoms with Crippen LogP contribution in [0, 0.1) is 0 Å². The van der Waals surface area contributed by atoms with E-state index in [9.17, 15) is 43.8 Å². The molecule has 1 aromatic carbocycles. The van der Waals surface area contributed by atoms with Gasteiger partial charge in [0.15, 0.2) is 6.23 Å². The number of alkyl carbamates (subject to hydrolysis) is 1. The van der Waals surface area contributed by atoms with Crippen LogP contribution < -0.4 is 32.5 Å². The van der Waals surface area contributed by atoms with Crippen LogP contribution in [0.15, 0.2) is 62.4 Å². The van der Waals surface area contributed by atoms with E-state index < -0.39 is 83.5 Å². The van der Waals surface area contributed by atoms with Gasteiger partial charge in [0, 0.05) is 38.1 Å². The number of rotatable bonds is 19. The highest BCUT2D eigenvalue weighted by molar-refractivity contribution is 5.85. The van der Waals surface area contributed by atoms with E-state index in [2.05, 4.69) is 31.5 Å². The second-order valence-corrected chi connectivity index (χ2v) is 12.9. The number of esters is 1. The standard InChI is InChI=1S/C34H46N8O12/c1-4-20(30(49)36-18-34(3)40-41-34)38-33(51)54-29(19-9-7-6-8-10-19)21(37-23(43)5-2)14-16-52-26(46)12-11-24(44)35-17-22-27(47)28(48)31(53-22)42-15-13-25(45)39-32(42)50/h6-10,13,15,20-22,27-29,31,47-48H,4-5,11-12,14,16-18H2,1-3H3,(H,35,44)(H,36,49)(H,37,43)(H,38,51)(H,39,45,50). The van der Waals surface area contributed by atoms with Crippen molar-refractivity contribution >= 4 is 29.8 Å². The van der Waals surface area contributed by atoms with Crippen LogP contribution in [0.25, 0.3) is 0 Å². The predicted octanol–water partition coefficient (Wildman–Crippen LogP) is -0.575. The molecule has 1 aromatic heterocycles. The number of aromatic amines is 1. The first kappa shape index (κ1) is 41.3. The van der Waals surface area contributed by atoms with E-state index in [-0.39, 0.29) is 57.7 Å². The summed E-state index contributed by atoms with van der Waals surface area (Å²) in [5, 5.41) is 39.0. The van der Waals surface area contributed by atoms with E-state index in [1.54, 1.807) is 51.1 Å². The smallest absolute Gasteiger partial charge is 0.408 e. The molecule has 294 valence electrons. The monoisotopic (exact) mass is 758 g/mol. The van der Waals surface area contributed by atoms with Gasteiger partial charge in [0.05, 0.1) is 25.6 Å². The Bertz CT molecular complexity index is 1780. The molecule has 2 aromatic rings. The van der Waals surface area contributed by atoms with Crippen LogP contribution >= 0.6 is 0 Å². The molecule has 2 aliphatic rings. The molecule has 20 heteroatoms. The van der Waals surface area contributed by atoms with Crippen LogP contribution in [0.4, 0.5) is 4.79 Å². The minimum absolute atomic E-state index is 0.0125. The highest BCUT2D eigenvalue weighted by atomic mass is 16.6. The number of carbonyl (C=O) groups excluding carboxylic acids is 5. The van der Waals surface area contributed by atoms with E-state index in [1.807, 2.05) is 4.98 Å². The van der Waals surface area contributed by atoms with Crippen molar-refractivity contribution in [3.8, 4) is 0 Å². The van der Waals surface area contributed by atoms with Gasteiger partial charge in [-0.1, -0.05) is 44.2 Å². The van der Waals surface area contributed by atoms with Crippen LogP contribution in [0.1, 0.15) is 70.8 Å². The average Bonchev–Trinajstić information content (AvgIpc) is 3.83. The molecule has 0 bridgehead atoms. The van der Waals surface area contributed by atoms with Crippen LogP contribution in [-0.4, -0.2) is 105 Å². The first-order valence-electron chi connectivity index (χ1n) is 17.5. The van der Waals surface area contributed by atoms with E-state index in [4.69, 9.17) is 14.2 Å². The van der Waals surface area contributed by atoms with E-state index in [0.717, 1.165) is 16.8 Å². The molecule has 7 atom stereocenters. The highest BCUT2D eigenvalue weighted by Gasteiger charge is 2.44. The highest BCUT2D eigenvalue weighted by Crippen LogP contribution is 2.28. The molecule has 7 unspecified atom stereocenters. The Morgan fingerprint density at radius 1 is 0.981 bits per heavy atom. The predicted molar refractivity (Wildman–Crippen MR) is 186 cm³/mol. The van der Waals surface area contributed by atoms with E-state index in [1.165, 1.54) is 0 Å². The fourth-order valence-corrected chi connectivity index (χ4v) is 5.46. The van der Waals surface area contributed by atoms with Crippen LogP contribution in [0.2, 0.25) is 0 Å². The molecule has 0 radical (unpaired) electrons. The zero-order valence-electron chi connectivity index (χ0n) is 30.1. The van der Waals surface area contributed by atoms with Gasteiger partial charge in [-0.05, 0) is 18.9 Å². The number of aliphatic hydroxyl groups excluding tert-OH is 2. The van der Waals surface area contributed by atoms with Gasteiger partial charge in [-0.2, -0.15) is 10.2 Å². The summed E-state index contributed by atoms with van der Waals surface area (Å²) in [5.74, 6) is -2.13. The number of nitrogens with one attached hydrogen (secondary N) is 5. The number of benzene rings is 1. The van der Waals surface area contributed by atoms with Crippen molar-refractivity contribution in [2.75, 3.05) is 19.7 Å². The molecule has 3 heterocycles. The lowest BCUT2D eigenvalue weighted by Gasteiger charge is -2.29. The second-order valence-electron chi connectivity index (χ2n) is 12.9. The topological polar surface area (TPSA) is 281 Å². The number of hydrogen-bond donors (Lipinski definition) is 7. The van der Waals surface area contributed by atoms with Gasteiger partial charge in [-0.15, -0.1) is 0 Å². The first-order valence-corrected chi connectivity index (χ1v) is 17.5. The van der Waals surface area contributed by atoms with Crippen molar-refractivity contribution in [2.45, 2.75) is 101 Å². The lowest BCUT2D eigenvalue weighted by Crippen LogP contribution is -2.49. The van der Waals surface area contributed by atoms with Crippen molar-refractivity contribution in [1.29, 1.82) is 0 Å². The third-order valence-electron chi connectivity index (χ3n) is 8.66. The van der Waals surface area contributed by atoms with Crippen LogP contribution in [0.3, 0.4) is 0 Å². The van der Waals surface area contributed by atoms with Gasteiger partial charge in [0.1, 0.15) is 30.5 Å². The van der Waals surface area contributed by atoms with Gasteiger partial charge < -0.3 is 45.7 Å². The number of carbonyl (C=O) groups is 5. The number of amides is 4.